The minimum atomic E-state index is -5.01. The van der Waals surface area contributed by atoms with Gasteiger partial charge in [0.05, 0.1) is 0 Å². The summed E-state index contributed by atoms with van der Waals surface area (Å²) in [5.74, 6) is 0. The number of para-hydroxylation sites is 2. The third-order valence-corrected chi connectivity index (χ3v) is 8.41. The van der Waals surface area contributed by atoms with Crippen LogP contribution < -0.4 is 4.57 Å². The SMILES string of the molecule is O=P(O)(O)C(C[n+]1cccc(-c2cccc3c2oc2ccccc23)c1)P(=O)(O)O. The molecule has 0 bridgehead atoms. The largest absolute Gasteiger partial charge is 0.455 e. The summed E-state index contributed by atoms with van der Waals surface area (Å²) in [5.41, 5.74) is 2.85. The van der Waals surface area contributed by atoms with Crippen molar-refractivity contribution in [1.82, 2.24) is 0 Å². The first-order chi connectivity index (χ1) is 13.6. The first-order valence-corrected chi connectivity index (χ1v) is 12.0. The highest BCUT2D eigenvalue weighted by molar-refractivity contribution is 7.70. The average Bonchev–Trinajstić information content (AvgIpc) is 3.03. The fourth-order valence-electron chi connectivity index (χ4n) is 3.37. The second-order valence-corrected chi connectivity index (χ2v) is 10.7. The van der Waals surface area contributed by atoms with E-state index >= 15 is 0 Å². The van der Waals surface area contributed by atoms with Gasteiger partial charge in [0.1, 0.15) is 11.2 Å². The minimum absolute atomic E-state index is 0.529. The topological polar surface area (TPSA) is 132 Å². The smallest absolute Gasteiger partial charge is 0.347 e. The Morgan fingerprint density at radius 2 is 1.55 bits per heavy atom. The summed E-state index contributed by atoms with van der Waals surface area (Å²) in [5, 5.41) is -0.217. The molecule has 4 rings (SSSR count). The van der Waals surface area contributed by atoms with Crippen molar-refractivity contribution in [2.75, 3.05) is 0 Å². The molecule has 0 saturated carbocycles. The summed E-state index contributed by atoms with van der Waals surface area (Å²) in [6, 6.07) is 16.7. The lowest BCUT2D eigenvalue weighted by Crippen LogP contribution is -2.39. The molecule has 10 heteroatoms. The summed E-state index contributed by atoms with van der Waals surface area (Å²) in [6.07, 6.45) is 3.08. The monoisotopic (exact) mass is 434 g/mol. The number of hydrogen-bond acceptors (Lipinski definition) is 3. The Hall–Kier alpha value is -2.31. The van der Waals surface area contributed by atoms with Crippen molar-refractivity contribution < 1.29 is 37.7 Å². The van der Waals surface area contributed by atoms with Crippen LogP contribution in [0.2, 0.25) is 0 Å². The van der Waals surface area contributed by atoms with Gasteiger partial charge in [0.25, 0.3) is 0 Å². The molecule has 0 aliphatic rings. The van der Waals surface area contributed by atoms with Crippen molar-refractivity contribution in [1.29, 1.82) is 0 Å². The number of fused-ring (bicyclic) bond motifs is 3. The van der Waals surface area contributed by atoms with Crippen molar-refractivity contribution in [2.24, 2.45) is 0 Å². The van der Waals surface area contributed by atoms with Crippen molar-refractivity contribution in [3.63, 3.8) is 0 Å². The molecule has 0 radical (unpaired) electrons. The van der Waals surface area contributed by atoms with E-state index in [4.69, 9.17) is 4.42 Å². The Morgan fingerprint density at radius 3 is 2.28 bits per heavy atom. The van der Waals surface area contributed by atoms with Crippen LogP contribution in [0.5, 0.6) is 0 Å². The van der Waals surface area contributed by atoms with Gasteiger partial charge in [0, 0.05) is 28.0 Å². The number of furan rings is 1. The van der Waals surface area contributed by atoms with Crippen molar-refractivity contribution in [3.05, 3.63) is 67.0 Å². The number of hydrogen-bond donors (Lipinski definition) is 4. The molecule has 150 valence electrons. The molecule has 0 aliphatic heterocycles. The normalized spacial score (nSPS) is 12.9. The van der Waals surface area contributed by atoms with Gasteiger partial charge in [-0.05, 0) is 12.1 Å². The average molecular weight is 434 g/mol. The summed E-state index contributed by atoms with van der Waals surface area (Å²) >= 11 is 0. The maximum atomic E-state index is 11.6. The van der Waals surface area contributed by atoms with E-state index in [9.17, 15) is 28.7 Å². The molecule has 0 spiro atoms. The third-order valence-electron chi connectivity index (χ3n) is 4.72. The predicted octanol–water partition coefficient (Wildman–Crippen LogP) is 3.22. The van der Waals surface area contributed by atoms with Crippen LogP contribution in [0.15, 0.2) is 71.4 Å². The number of benzene rings is 2. The van der Waals surface area contributed by atoms with Crippen LogP contribution in [0.25, 0.3) is 33.1 Å². The van der Waals surface area contributed by atoms with Crippen molar-refractivity contribution in [3.8, 4) is 11.1 Å². The second-order valence-electron chi connectivity index (χ2n) is 6.73. The van der Waals surface area contributed by atoms with E-state index < -0.39 is 27.1 Å². The first kappa shape index (κ1) is 20.0. The maximum Gasteiger partial charge on any atom is 0.347 e. The molecule has 0 atom stereocenters. The van der Waals surface area contributed by atoms with Gasteiger partial charge in [0.15, 0.2) is 18.9 Å². The Bertz CT molecular complexity index is 1280. The number of aromatic nitrogens is 1. The molecular weight excluding hydrogens is 416 g/mol. The summed E-state index contributed by atoms with van der Waals surface area (Å²) in [4.78, 5) is 37.5. The van der Waals surface area contributed by atoms with Gasteiger partial charge in [-0.1, -0.05) is 36.4 Å². The fraction of sp³-hybridized carbons (Fsp3) is 0.105. The molecule has 4 N–H and O–H groups in total. The van der Waals surface area contributed by atoms with Gasteiger partial charge in [-0.2, -0.15) is 0 Å². The third kappa shape index (κ3) is 3.91. The van der Waals surface area contributed by atoms with Crippen LogP contribution >= 0.6 is 15.2 Å². The van der Waals surface area contributed by atoms with Gasteiger partial charge in [-0.15, -0.1) is 0 Å². The Labute approximate surface area is 165 Å². The Balaban J connectivity index is 1.80. The van der Waals surface area contributed by atoms with Crippen molar-refractivity contribution >= 4 is 37.1 Å². The Morgan fingerprint density at radius 1 is 0.862 bits per heavy atom. The molecule has 0 unspecified atom stereocenters. The lowest BCUT2D eigenvalue weighted by Gasteiger charge is -2.16. The predicted molar refractivity (Wildman–Crippen MR) is 107 cm³/mol. The van der Waals surface area contributed by atoms with E-state index in [2.05, 4.69) is 0 Å². The summed E-state index contributed by atoms with van der Waals surface area (Å²) in [6.45, 7) is -0.529. The van der Waals surface area contributed by atoms with Gasteiger partial charge in [0.2, 0.25) is 5.40 Å². The summed E-state index contributed by atoms with van der Waals surface area (Å²) < 4.78 is 30.5. The fourth-order valence-corrected chi connectivity index (χ4v) is 5.74. The van der Waals surface area contributed by atoms with E-state index in [1.54, 1.807) is 18.3 Å². The van der Waals surface area contributed by atoms with Crippen LogP contribution in [0.4, 0.5) is 0 Å². The molecule has 2 aromatic carbocycles. The molecule has 2 aromatic heterocycles. The quantitative estimate of drug-likeness (QED) is 0.280. The zero-order chi connectivity index (χ0) is 20.8. The van der Waals surface area contributed by atoms with E-state index in [0.717, 1.165) is 21.9 Å². The van der Waals surface area contributed by atoms with Crippen molar-refractivity contribution in [2.45, 2.75) is 11.9 Å². The standard InChI is InChI=1S/C19H17NO7P2/c21-28(22,23)18(29(24,25)26)12-20-10-4-5-13(11-20)14-7-3-8-16-15-6-1-2-9-17(15)27-19(14)16/h1-11,18H,12H2,(H3-,21,22,23,24,25,26)/p+1. The molecule has 0 saturated heterocycles. The molecular formula is C19H18NO7P2+. The van der Waals surface area contributed by atoms with E-state index in [0.29, 0.717) is 11.1 Å². The molecule has 0 fully saturated rings. The minimum Gasteiger partial charge on any atom is -0.455 e. The van der Waals surface area contributed by atoms with E-state index in [1.807, 2.05) is 42.5 Å². The highest BCUT2D eigenvalue weighted by atomic mass is 31.2. The number of rotatable bonds is 5. The van der Waals surface area contributed by atoms with Gasteiger partial charge in [-0.3, -0.25) is 9.13 Å². The van der Waals surface area contributed by atoms with Gasteiger partial charge >= 0.3 is 15.2 Å². The highest BCUT2D eigenvalue weighted by Gasteiger charge is 2.46. The molecule has 29 heavy (non-hydrogen) atoms. The Kier molecular flexibility index (Phi) is 4.95. The lowest BCUT2D eigenvalue weighted by molar-refractivity contribution is -0.694. The van der Waals surface area contributed by atoms with Crippen LogP contribution in [0, 0.1) is 0 Å². The maximum absolute atomic E-state index is 11.6. The first-order valence-electron chi connectivity index (χ1n) is 8.65. The summed E-state index contributed by atoms with van der Waals surface area (Å²) in [7, 11) is -10.0. The molecule has 8 nitrogen and oxygen atoms in total. The highest BCUT2D eigenvalue weighted by Crippen LogP contribution is 2.59. The van der Waals surface area contributed by atoms with Gasteiger partial charge in [-0.25, -0.2) is 4.57 Å². The number of pyridine rings is 1. The number of nitrogens with zero attached hydrogens (tertiary/aromatic N) is 1. The second kappa shape index (κ2) is 7.18. The van der Waals surface area contributed by atoms with E-state index in [1.165, 1.54) is 10.8 Å². The zero-order valence-corrected chi connectivity index (χ0v) is 16.8. The molecule has 2 heterocycles. The van der Waals surface area contributed by atoms with Crippen LogP contribution in [-0.2, 0) is 15.7 Å². The molecule has 4 aromatic rings. The van der Waals surface area contributed by atoms with Crippen LogP contribution in [0.1, 0.15) is 0 Å². The van der Waals surface area contributed by atoms with E-state index in [-0.39, 0.29) is 0 Å². The van der Waals surface area contributed by atoms with Crippen LogP contribution in [-0.4, -0.2) is 25.0 Å². The zero-order valence-electron chi connectivity index (χ0n) is 15.0. The molecule has 0 amide bonds. The lowest BCUT2D eigenvalue weighted by atomic mass is 10.0. The van der Waals surface area contributed by atoms with Gasteiger partial charge < -0.3 is 24.0 Å². The van der Waals surface area contributed by atoms with Crippen LogP contribution in [0.3, 0.4) is 0 Å². The molecule has 0 aliphatic carbocycles.